The largest absolute Gasteiger partial charge is 0.393 e. The summed E-state index contributed by atoms with van der Waals surface area (Å²) >= 11 is 0. The highest BCUT2D eigenvalue weighted by Crippen LogP contribution is 2.28. The average molecular weight is 268 g/mol. The van der Waals surface area contributed by atoms with Crippen LogP contribution in [0.1, 0.15) is 50.5 Å². The van der Waals surface area contributed by atoms with Gasteiger partial charge in [0.05, 0.1) is 6.10 Å². The molecule has 0 aliphatic heterocycles. The van der Waals surface area contributed by atoms with Crippen molar-refractivity contribution in [3.05, 3.63) is 35.4 Å². The van der Waals surface area contributed by atoms with Crippen LogP contribution in [0.2, 0.25) is 0 Å². The highest BCUT2D eigenvalue weighted by molar-refractivity contribution is 5.18. The smallest absolute Gasteiger partial charge is 0.126 e. The number of aliphatic hydroxyl groups is 1. The fourth-order valence-corrected chi connectivity index (χ4v) is 3.01. The van der Waals surface area contributed by atoms with Gasteiger partial charge in [-0.25, -0.2) is 8.78 Å². The normalized spacial score (nSPS) is 18.5. The molecule has 1 aliphatic rings. The fraction of sp³-hybridized carbons (Fsp3) is 0.625. The van der Waals surface area contributed by atoms with E-state index in [0.717, 1.165) is 24.8 Å². The molecule has 1 atom stereocenters. The number of rotatable bonds is 5. The van der Waals surface area contributed by atoms with Crippen LogP contribution in [-0.4, -0.2) is 11.2 Å². The van der Waals surface area contributed by atoms with Gasteiger partial charge in [0.25, 0.3) is 0 Å². The van der Waals surface area contributed by atoms with E-state index in [1.807, 2.05) is 0 Å². The minimum absolute atomic E-state index is 0.335. The van der Waals surface area contributed by atoms with Crippen LogP contribution >= 0.6 is 0 Å². The van der Waals surface area contributed by atoms with Crippen LogP contribution in [0.5, 0.6) is 0 Å². The van der Waals surface area contributed by atoms with Gasteiger partial charge in [-0.05, 0) is 42.9 Å². The van der Waals surface area contributed by atoms with Gasteiger partial charge in [-0.15, -0.1) is 0 Å². The van der Waals surface area contributed by atoms with Gasteiger partial charge in [0.1, 0.15) is 11.6 Å². The number of aliphatic hydroxyl groups excluding tert-OH is 1. The third kappa shape index (κ3) is 4.90. The molecule has 0 bridgehead atoms. The summed E-state index contributed by atoms with van der Waals surface area (Å²) in [5, 5.41) is 9.97. The SMILES string of the molecule is OC(CCC1CCCCC1)Cc1cc(F)cc(F)c1. The molecule has 0 radical (unpaired) electrons. The first kappa shape index (κ1) is 14.4. The Bertz CT molecular complexity index is 379. The first-order valence-electron chi connectivity index (χ1n) is 7.26. The van der Waals surface area contributed by atoms with Gasteiger partial charge < -0.3 is 5.11 Å². The molecule has 1 saturated carbocycles. The van der Waals surface area contributed by atoms with Crippen molar-refractivity contribution in [3.63, 3.8) is 0 Å². The summed E-state index contributed by atoms with van der Waals surface area (Å²) in [5.41, 5.74) is 0.536. The monoisotopic (exact) mass is 268 g/mol. The minimum atomic E-state index is -0.575. The predicted octanol–water partition coefficient (Wildman–Crippen LogP) is 4.23. The van der Waals surface area contributed by atoms with Crippen molar-refractivity contribution in [2.75, 3.05) is 0 Å². The lowest BCUT2D eigenvalue weighted by atomic mass is 9.85. The highest BCUT2D eigenvalue weighted by Gasteiger charge is 2.15. The Hall–Kier alpha value is -0.960. The van der Waals surface area contributed by atoms with E-state index < -0.39 is 17.7 Å². The lowest BCUT2D eigenvalue weighted by molar-refractivity contribution is 0.149. The van der Waals surface area contributed by atoms with E-state index in [1.165, 1.54) is 44.2 Å². The van der Waals surface area contributed by atoms with Crippen LogP contribution in [0, 0.1) is 17.6 Å². The zero-order valence-electron chi connectivity index (χ0n) is 11.2. The molecule has 1 aromatic carbocycles. The molecular formula is C16H22F2O. The maximum Gasteiger partial charge on any atom is 0.126 e. The highest BCUT2D eigenvalue weighted by atomic mass is 19.1. The van der Waals surface area contributed by atoms with E-state index in [-0.39, 0.29) is 0 Å². The summed E-state index contributed by atoms with van der Waals surface area (Å²) in [5.74, 6) is -0.420. The molecule has 19 heavy (non-hydrogen) atoms. The van der Waals surface area contributed by atoms with Crippen molar-refractivity contribution in [1.82, 2.24) is 0 Å². The van der Waals surface area contributed by atoms with Crippen molar-refractivity contribution in [2.45, 2.75) is 57.5 Å². The van der Waals surface area contributed by atoms with Gasteiger partial charge in [0.15, 0.2) is 0 Å². The lowest BCUT2D eigenvalue weighted by Gasteiger charge is -2.22. The quantitative estimate of drug-likeness (QED) is 0.847. The molecule has 106 valence electrons. The van der Waals surface area contributed by atoms with Crippen LogP contribution in [0.25, 0.3) is 0 Å². The summed E-state index contributed by atoms with van der Waals surface area (Å²) in [6.45, 7) is 0. The van der Waals surface area contributed by atoms with Crippen molar-refractivity contribution in [1.29, 1.82) is 0 Å². The van der Waals surface area contributed by atoms with Gasteiger partial charge in [-0.1, -0.05) is 32.1 Å². The lowest BCUT2D eigenvalue weighted by Crippen LogP contribution is -2.14. The van der Waals surface area contributed by atoms with Gasteiger partial charge in [0, 0.05) is 6.07 Å². The fourth-order valence-electron chi connectivity index (χ4n) is 3.01. The first-order valence-corrected chi connectivity index (χ1v) is 7.26. The molecule has 1 fully saturated rings. The third-order valence-corrected chi connectivity index (χ3v) is 4.03. The van der Waals surface area contributed by atoms with Crippen molar-refractivity contribution < 1.29 is 13.9 Å². The topological polar surface area (TPSA) is 20.2 Å². The van der Waals surface area contributed by atoms with E-state index in [0.29, 0.717) is 12.0 Å². The summed E-state index contributed by atoms with van der Waals surface area (Å²) < 4.78 is 26.1. The predicted molar refractivity (Wildman–Crippen MR) is 71.9 cm³/mol. The van der Waals surface area contributed by atoms with E-state index in [9.17, 15) is 13.9 Å². The Morgan fingerprint density at radius 3 is 2.32 bits per heavy atom. The van der Waals surface area contributed by atoms with Crippen molar-refractivity contribution >= 4 is 0 Å². The molecule has 1 aliphatic carbocycles. The minimum Gasteiger partial charge on any atom is -0.393 e. The Morgan fingerprint density at radius 1 is 1.05 bits per heavy atom. The molecule has 2 rings (SSSR count). The van der Waals surface area contributed by atoms with Crippen LogP contribution in [0.15, 0.2) is 18.2 Å². The Kier molecular flexibility index (Phi) is 5.32. The molecule has 1 unspecified atom stereocenters. The van der Waals surface area contributed by atoms with Crippen LogP contribution < -0.4 is 0 Å². The van der Waals surface area contributed by atoms with Crippen LogP contribution in [-0.2, 0) is 6.42 Å². The Morgan fingerprint density at radius 2 is 1.68 bits per heavy atom. The molecule has 1 aromatic rings. The standard InChI is InChI=1S/C16H22F2O/c17-14-8-13(9-15(18)11-14)10-16(19)7-6-12-4-2-1-3-5-12/h8-9,11-12,16,19H,1-7,10H2. The zero-order valence-corrected chi connectivity index (χ0v) is 11.2. The zero-order chi connectivity index (χ0) is 13.7. The van der Waals surface area contributed by atoms with Gasteiger partial charge in [-0.3, -0.25) is 0 Å². The maximum atomic E-state index is 13.0. The summed E-state index contributed by atoms with van der Waals surface area (Å²) in [4.78, 5) is 0. The molecular weight excluding hydrogens is 246 g/mol. The molecule has 0 heterocycles. The molecule has 0 saturated heterocycles. The number of benzene rings is 1. The molecule has 1 nitrogen and oxygen atoms in total. The second kappa shape index (κ2) is 6.99. The first-order chi connectivity index (χ1) is 9.13. The summed E-state index contributed by atoms with van der Waals surface area (Å²) in [7, 11) is 0. The second-order valence-electron chi connectivity index (χ2n) is 5.72. The molecule has 1 N–H and O–H groups in total. The molecule has 3 heteroatoms. The van der Waals surface area contributed by atoms with Gasteiger partial charge in [-0.2, -0.15) is 0 Å². The molecule has 0 spiro atoms. The van der Waals surface area contributed by atoms with Gasteiger partial charge >= 0.3 is 0 Å². The molecule has 0 amide bonds. The Balaban J connectivity index is 1.78. The summed E-state index contributed by atoms with van der Waals surface area (Å²) in [6, 6.07) is 3.46. The maximum absolute atomic E-state index is 13.0. The van der Waals surface area contributed by atoms with Crippen LogP contribution in [0.3, 0.4) is 0 Å². The average Bonchev–Trinajstić information content (AvgIpc) is 2.36. The Labute approximate surface area is 113 Å². The van der Waals surface area contributed by atoms with E-state index in [2.05, 4.69) is 0 Å². The second-order valence-corrected chi connectivity index (χ2v) is 5.72. The van der Waals surface area contributed by atoms with Gasteiger partial charge in [0.2, 0.25) is 0 Å². The third-order valence-electron chi connectivity index (χ3n) is 4.03. The van der Waals surface area contributed by atoms with E-state index in [1.54, 1.807) is 0 Å². The van der Waals surface area contributed by atoms with Crippen molar-refractivity contribution in [2.24, 2.45) is 5.92 Å². The van der Waals surface area contributed by atoms with E-state index >= 15 is 0 Å². The number of hydrogen-bond acceptors (Lipinski definition) is 1. The number of halogens is 2. The number of hydrogen-bond donors (Lipinski definition) is 1. The van der Waals surface area contributed by atoms with Crippen molar-refractivity contribution in [3.8, 4) is 0 Å². The van der Waals surface area contributed by atoms with Crippen LogP contribution in [0.4, 0.5) is 8.78 Å². The van der Waals surface area contributed by atoms with E-state index in [4.69, 9.17) is 0 Å². The molecule has 0 aromatic heterocycles. The summed E-state index contributed by atoms with van der Waals surface area (Å²) in [6.07, 6.45) is 8.06.